The first-order valence-corrected chi connectivity index (χ1v) is 9.48. The van der Waals surface area contributed by atoms with Gasteiger partial charge in [0.25, 0.3) is 0 Å². The summed E-state index contributed by atoms with van der Waals surface area (Å²) in [7, 11) is 4.58. The van der Waals surface area contributed by atoms with E-state index in [-0.39, 0.29) is 0 Å². The van der Waals surface area contributed by atoms with Crippen LogP contribution in [0.2, 0.25) is 0 Å². The number of carbonyl (C=O) groups excluding carboxylic acids is 2. The van der Waals surface area contributed by atoms with Gasteiger partial charge in [-0.05, 0) is 41.5 Å². The standard InChI is InChI=1S/2C7H18N.C3H2Cl2O4/c2*1-5-8(4,6-2)7-3;4-3(5,1(6)7)2(8)9/h2*5-7H2,1-4H3;(H,6,7)(H,8,9)/q2*+1;/p-2. The van der Waals surface area contributed by atoms with Gasteiger partial charge >= 0.3 is 0 Å². The van der Waals surface area contributed by atoms with Crippen molar-refractivity contribution in [1.82, 2.24) is 0 Å². The summed E-state index contributed by atoms with van der Waals surface area (Å²) in [6.07, 6.45) is 0. The fourth-order valence-electron chi connectivity index (χ4n) is 1.42. The lowest BCUT2D eigenvalue weighted by atomic mass is 10.4. The summed E-state index contributed by atoms with van der Waals surface area (Å²) in [4.78, 5) is 19.3. The van der Waals surface area contributed by atoms with Gasteiger partial charge in [0.15, 0.2) is 4.33 Å². The van der Waals surface area contributed by atoms with Crippen molar-refractivity contribution >= 4 is 35.1 Å². The predicted octanol–water partition coefficient (Wildman–Crippen LogP) is 0.646. The number of nitrogens with zero attached hydrogens (tertiary/aromatic N) is 2. The van der Waals surface area contributed by atoms with Crippen LogP contribution in [0.5, 0.6) is 0 Å². The van der Waals surface area contributed by atoms with Crippen molar-refractivity contribution in [2.75, 3.05) is 53.4 Å². The van der Waals surface area contributed by atoms with Crippen LogP contribution >= 0.6 is 23.2 Å². The van der Waals surface area contributed by atoms with E-state index >= 15 is 0 Å². The number of quaternary nitrogens is 2. The molecule has 0 atom stereocenters. The number of hydrogen-bond acceptors (Lipinski definition) is 4. The van der Waals surface area contributed by atoms with Crippen molar-refractivity contribution < 1.29 is 28.8 Å². The molecule has 25 heavy (non-hydrogen) atoms. The van der Waals surface area contributed by atoms with Gasteiger partial charge in [-0.1, -0.05) is 23.2 Å². The average Bonchev–Trinajstić information content (AvgIpc) is 2.61. The first kappa shape index (κ1) is 29.2. The number of halogens is 2. The Hall–Kier alpha value is -0.560. The predicted molar refractivity (Wildman–Crippen MR) is 100 cm³/mol. The Morgan fingerprint density at radius 1 is 0.680 bits per heavy atom. The zero-order chi connectivity index (χ0) is 20.9. The topological polar surface area (TPSA) is 80.3 Å². The lowest BCUT2D eigenvalue weighted by Gasteiger charge is -2.30. The maximum atomic E-state index is 9.67. The Bertz CT molecular complexity index is 332. The van der Waals surface area contributed by atoms with Gasteiger partial charge in [-0.25, -0.2) is 0 Å². The summed E-state index contributed by atoms with van der Waals surface area (Å²) < 4.78 is -0.528. The van der Waals surface area contributed by atoms with Crippen LogP contribution in [0.25, 0.3) is 0 Å². The van der Waals surface area contributed by atoms with Gasteiger partial charge in [0.1, 0.15) is 0 Å². The monoisotopic (exact) mass is 402 g/mol. The molecule has 0 amide bonds. The molecular weight excluding hydrogens is 367 g/mol. The highest BCUT2D eigenvalue weighted by Crippen LogP contribution is 2.17. The molecule has 0 N–H and O–H groups in total. The van der Waals surface area contributed by atoms with Crippen molar-refractivity contribution in [3.05, 3.63) is 0 Å². The number of rotatable bonds is 8. The SMILES string of the molecule is CC[N+](C)(CC)CC.CC[N+](C)(CC)CC.O=C([O-])C(Cl)(Cl)C(=O)[O-]. The van der Waals surface area contributed by atoms with Crippen molar-refractivity contribution in [3.8, 4) is 0 Å². The quantitative estimate of drug-likeness (QED) is 0.339. The number of alkyl halides is 2. The van der Waals surface area contributed by atoms with Crippen LogP contribution in [0, 0.1) is 0 Å². The fourth-order valence-corrected chi connectivity index (χ4v) is 1.42. The lowest BCUT2D eigenvalue weighted by Crippen LogP contribution is -2.51. The maximum Gasteiger partial charge on any atom is 0.196 e. The molecule has 0 bridgehead atoms. The molecule has 0 unspecified atom stereocenters. The van der Waals surface area contributed by atoms with Gasteiger partial charge in [-0.3, -0.25) is 0 Å². The van der Waals surface area contributed by atoms with E-state index in [0.29, 0.717) is 0 Å². The van der Waals surface area contributed by atoms with Gasteiger partial charge in [-0.2, -0.15) is 0 Å². The van der Waals surface area contributed by atoms with Crippen LogP contribution in [-0.2, 0) is 9.59 Å². The average molecular weight is 403 g/mol. The van der Waals surface area contributed by atoms with Crippen LogP contribution in [0.15, 0.2) is 0 Å². The molecular formula is C17H36Cl2N2O4. The molecule has 0 aromatic rings. The van der Waals surface area contributed by atoms with Crippen molar-refractivity contribution in [1.29, 1.82) is 0 Å². The van der Waals surface area contributed by atoms with Gasteiger partial charge in [0.2, 0.25) is 0 Å². The molecule has 0 spiro atoms. The smallest absolute Gasteiger partial charge is 0.196 e. The Kier molecular flexibility index (Phi) is 15.9. The van der Waals surface area contributed by atoms with Gasteiger partial charge < -0.3 is 28.8 Å². The maximum absolute atomic E-state index is 9.67. The second-order valence-electron chi connectivity index (χ2n) is 6.29. The molecule has 0 aliphatic carbocycles. The first-order chi connectivity index (χ1) is 11.3. The summed E-state index contributed by atoms with van der Waals surface area (Å²) in [5, 5.41) is 19.3. The molecule has 0 aromatic heterocycles. The molecule has 152 valence electrons. The lowest BCUT2D eigenvalue weighted by molar-refractivity contribution is -0.904. The highest BCUT2D eigenvalue weighted by atomic mass is 35.5. The molecule has 0 radical (unpaired) electrons. The Balaban J connectivity index is -0.000000291. The molecule has 0 heterocycles. The van der Waals surface area contributed by atoms with E-state index in [1.807, 2.05) is 0 Å². The Morgan fingerprint density at radius 3 is 0.840 bits per heavy atom. The van der Waals surface area contributed by atoms with Crippen LogP contribution in [0.4, 0.5) is 0 Å². The van der Waals surface area contributed by atoms with E-state index in [1.165, 1.54) is 48.2 Å². The molecule has 0 aliphatic heterocycles. The molecule has 0 saturated carbocycles. The van der Waals surface area contributed by atoms with Crippen LogP contribution in [0.1, 0.15) is 41.5 Å². The second kappa shape index (κ2) is 13.6. The summed E-state index contributed by atoms with van der Waals surface area (Å²) in [6, 6.07) is 0. The molecule has 8 heteroatoms. The Morgan fingerprint density at radius 2 is 0.840 bits per heavy atom. The third-order valence-electron chi connectivity index (χ3n) is 5.09. The normalized spacial score (nSPS) is 11.6. The summed E-state index contributed by atoms with van der Waals surface area (Å²) in [5.41, 5.74) is 0. The number of carboxylic acid groups (broad SMARTS) is 2. The van der Waals surface area contributed by atoms with Crippen molar-refractivity contribution in [2.45, 2.75) is 45.9 Å². The number of aliphatic carboxylic acids is 2. The van der Waals surface area contributed by atoms with E-state index in [9.17, 15) is 19.8 Å². The van der Waals surface area contributed by atoms with E-state index < -0.39 is 16.3 Å². The van der Waals surface area contributed by atoms with Crippen molar-refractivity contribution in [2.24, 2.45) is 0 Å². The zero-order valence-corrected chi connectivity index (χ0v) is 18.5. The molecule has 0 rings (SSSR count). The number of carboxylic acids is 2. The molecule has 0 aromatic carbocycles. The molecule has 0 fully saturated rings. The van der Waals surface area contributed by atoms with E-state index in [0.717, 1.165) is 0 Å². The fraction of sp³-hybridized carbons (Fsp3) is 0.882. The van der Waals surface area contributed by atoms with E-state index in [1.54, 1.807) is 0 Å². The number of hydrogen-bond donors (Lipinski definition) is 0. The highest BCUT2D eigenvalue weighted by Gasteiger charge is 2.27. The minimum absolute atomic E-state index is 1.21. The van der Waals surface area contributed by atoms with E-state index in [2.05, 4.69) is 78.8 Å². The first-order valence-electron chi connectivity index (χ1n) is 8.73. The molecule has 6 nitrogen and oxygen atoms in total. The van der Waals surface area contributed by atoms with Gasteiger partial charge in [0.05, 0.1) is 65.3 Å². The molecule has 0 aliphatic rings. The van der Waals surface area contributed by atoms with Crippen LogP contribution < -0.4 is 10.2 Å². The van der Waals surface area contributed by atoms with Crippen LogP contribution in [-0.4, -0.2) is 78.6 Å². The molecule has 0 saturated heterocycles. The van der Waals surface area contributed by atoms with E-state index in [4.69, 9.17) is 0 Å². The Labute approximate surface area is 163 Å². The van der Waals surface area contributed by atoms with Crippen LogP contribution in [0.3, 0.4) is 0 Å². The minimum atomic E-state index is -2.94. The minimum Gasteiger partial charge on any atom is -0.546 e. The summed E-state index contributed by atoms with van der Waals surface area (Å²) in [5.74, 6) is -4.21. The zero-order valence-electron chi connectivity index (χ0n) is 17.0. The summed E-state index contributed by atoms with van der Waals surface area (Å²) in [6.45, 7) is 21.0. The third kappa shape index (κ3) is 12.4. The van der Waals surface area contributed by atoms with Gasteiger partial charge in [-0.15, -0.1) is 0 Å². The van der Waals surface area contributed by atoms with Gasteiger partial charge in [0, 0.05) is 0 Å². The summed E-state index contributed by atoms with van der Waals surface area (Å²) >= 11 is 9.29. The highest BCUT2D eigenvalue weighted by molar-refractivity contribution is 6.65. The van der Waals surface area contributed by atoms with Crippen molar-refractivity contribution in [3.63, 3.8) is 0 Å². The third-order valence-corrected chi connectivity index (χ3v) is 5.71. The number of carbonyl (C=O) groups is 2. The largest absolute Gasteiger partial charge is 0.546 e. The second-order valence-corrected chi connectivity index (χ2v) is 7.61.